The standard InChI is InChI=1S/C17H19F2N3O4S/c1-10-15(17(23)21-14-9-12(18)3-4-13(14)19)20-11(2)16(10)27(24,25)22-5-7-26-8-6-22/h3-4,9,20H,5-8H2,1-2H3,(H,21,23). The predicted molar refractivity (Wildman–Crippen MR) is 94.2 cm³/mol. The van der Waals surface area contributed by atoms with E-state index in [-0.39, 0.29) is 34.9 Å². The third kappa shape index (κ3) is 3.73. The van der Waals surface area contributed by atoms with Crippen molar-refractivity contribution in [2.24, 2.45) is 0 Å². The number of hydrogen-bond donors (Lipinski definition) is 2. The highest BCUT2D eigenvalue weighted by Crippen LogP contribution is 2.28. The summed E-state index contributed by atoms with van der Waals surface area (Å²) < 4.78 is 59.4. The van der Waals surface area contributed by atoms with E-state index in [1.54, 1.807) is 6.92 Å². The second kappa shape index (κ2) is 7.37. The summed E-state index contributed by atoms with van der Waals surface area (Å²) in [5.41, 5.74) is 0.157. The van der Waals surface area contributed by atoms with Crippen LogP contribution in [0.15, 0.2) is 23.1 Å². The Morgan fingerprint density at radius 2 is 1.89 bits per heavy atom. The number of nitrogens with one attached hydrogen (secondary N) is 2. The number of carbonyl (C=O) groups is 1. The van der Waals surface area contributed by atoms with Gasteiger partial charge < -0.3 is 15.0 Å². The Hall–Kier alpha value is -2.30. The zero-order valence-electron chi connectivity index (χ0n) is 14.8. The van der Waals surface area contributed by atoms with Crippen LogP contribution >= 0.6 is 0 Å². The lowest BCUT2D eigenvalue weighted by atomic mass is 10.2. The number of carbonyl (C=O) groups excluding carboxylic acids is 1. The largest absolute Gasteiger partial charge is 0.379 e. The number of aryl methyl sites for hydroxylation is 1. The highest BCUT2D eigenvalue weighted by molar-refractivity contribution is 7.89. The number of amides is 1. The lowest BCUT2D eigenvalue weighted by Crippen LogP contribution is -2.40. The summed E-state index contributed by atoms with van der Waals surface area (Å²) in [7, 11) is -3.82. The molecule has 0 aliphatic carbocycles. The number of anilines is 1. The molecule has 1 aromatic heterocycles. The molecule has 3 rings (SSSR count). The zero-order chi connectivity index (χ0) is 19.8. The minimum absolute atomic E-state index is 0.00858. The van der Waals surface area contributed by atoms with Gasteiger partial charge in [-0.2, -0.15) is 4.31 Å². The lowest BCUT2D eigenvalue weighted by molar-refractivity contribution is 0.0730. The van der Waals surface area contributed by atoms with E-state index in [1.165, 1.54) is 11.2 Å². The van der Waals surface area contributed by atoms with E-state index in [0.717, 1.165) is 18.2 Å². The normalized spacial score (nSPS) is 15.7. The molecule has 1 aliphatic heterocycles. The van der Waals surface area contributed by atoms with Crippen molar-refractivity contribution in [2.45, 2.75) is 18.7 Å². The van der Waals surface area contributed by atoms with E-state index in [0.29, 0.717) is 18.9 Å². The molecule has 1 saturated heterocycles. The van der Waals surface area contributed by atoms with Crippen LogP contribution in [0.5, 0.6) is 0 Å². The van der Waals surface area contributed by atoms with Crippen molar-refractivity contribution in [2.75, 3.05) is 31.6 Å². The van der Waals surface area contributed by atoms with Gasteiger partial charge >= 0.3 is 0 Å². The average Bonchev–Trinajstić information content (AvgIpc) is 2.94. The summed E-state index contributed by atoms with van der Waals surface area (Å²) in [6, 6.07) is 2.68. The third-order valence-electron chi connectivity index (χ3n) is 4.34. The van der Waals surface area contributed by atoms with Crippen LogP contribution in [0.25, 0.3) is 0 Å². The first-order valence-electron chi connectivity index (χ1n) is 8.25. The second-order valence-corrected chi connectivity index (χ2v) is 8.05. The first-order valence-corrected chi connectivity index (χ1v) is 9.69. The van der Waals surface area contributed by atoms with Gasteiger partial charge in [0.25, 0.3) is 5.91 Å². The maximum Gasteiger partial charge on any atom is 0.272 e. The molecule has 0 atom stereocenters. The van der Waals surface area contributed by atoms with Crippen LogP contribution in [0.3, 0.4) is 0 Å². The Labute approximate surface area is 155 Å². The molecule has 1 aromatic carbocycles. The van der Waals surface area contributed by atoms with Crippen molar-refractivity contribution in [3.63, 3.8) is 0 Å². The molecule has 27 heavy (non-hydrogen) atoms. The number of aromatic amines is 1. The summed E-state index contributed by atoms with van der Waals surface area (Å²) in [6.07, 6.45) is 0. The fraction of sp³-hybridized carbons (Fsp3) is 0.353. The molecule has 1 fully saturated rings. The Bertz CT molecular complexity index is 982. The van der Waals surface area contributed by atoms with E-state index in [9.17, 15) is 22.0 Å². The second-order valence-electron chi connectivity index (χ2n) is 6.17. The number of hydrogen-bond acceptors (Lipinski definition) is 4. The molecular weight excluding hydrogens is 380 g/mol. The molecule has 146 valence electrons. The van der Waals surface area contributed by atoms with E-state index in [4.69, 9.17) is 4.74 Å². The molecule has 2 aromatic rings. The Morgan fingerprint density at radius 1 is 1.22 bits per heavy atom. The molecule has 0 bridgehead atoms. The summed E-state index contributed by atoms with van der Waals surface area (Å²) in [5.74, 6) is -2.27. The molecule has 2 heterocycles. The van der Waals surface area contributed by atoms with Crippen LogP contribution in [0.4, 0.5) is 14.5 Å². The fourth-order valence-corrected chi connectivity index (χ4v) is 4.86. The average molecular weight is 399 g/mol. The smallest absolute Gasteiger partial charge is 0.272 e. The molecule has 1 amide bonds. The number of nitrogens with zero attached hydrogens (tertiary/aromatic N) is 1. The van der Waals surface area contributed by atoms with Gasteiger partial charge in [-0.3, -0.25) is 4.79 Å². The predicted octanol–water partition coefficient (Wildman–Crippen LogP) is 2.18. The van der Waals surface area contributed by atoms with Gasteiger partial charge in [0.1, 0.15) is 22.2 Å². The molecule has 7 nitrogen and oxygen atoms in total. The van der Waals surface area contributed by atoms with Gasteiger partial charge in [0.15, 0.2) is 0 Å². The maximum atomic E-state index is 13.8. The van der Waals surface area contributed by atoms with Crippen LogP contribution in [0.1, 0.15) is 21.7 Å². The van der Waals surface area contributed by atoms with Gasteiger partial charge in [-0.1, -0.05) is 0 Å². The van der Waals surface area contributed by atoms with Crippen molar-refractivity contribution < 1.29 is 26.7 Å². The minimum Gasteiger partial charge on any atom is -0.379 e. The monoisotopic (exact) mass is 399 g/mol. The van der Waals surface area contributed by atoms with Crippen molar-refractivity contribution in [3.8, 4) is 0 Å². The lowest BCUT2D eigenvalue weighted by Gasteiger charge is -2.26. The van der Waals surface area contributed by atoms with Gasteiger partial charge in [-0.15, -0.1) is 0 Å². The maximum absolute atomic E-state index is 13.8. The van der Waals surface area contributed by atoms with Gasteiger partial charge in [0, 0.05) is 24.8 Å². The molecular formula is C17H19F2N3O4S. The molecule has 1 aliphatic rings. The van der Waals surface area contributed by atoms with Gasteiger partial charge in [0.2, 0.25) is 10.0 Å². The van der Waals surface area contributed by atoms with Gasteiger partial charge in [-0.25, -0.2) is 17.2 Å². The summed E-state index contributed by atoms with van der Waals surface area (Å²) in [4.78, 5) is 15.3. The van der Waals surface area contributed by atoms with Crippen LogP contribution in [0.2, 0.25) is 0 Å². The van der Waals surface area contributed by atoms with Crippen molar-refractivity contribution in [1.29, 1.82) is 0 Å². The first kappa shape index (κ1) is 19.5. The molecule has 0 saturated carbocycles. The summed E-state index contributed by atoms with van der Waals surface area (Å²) in [5, 5.41) is 2.27. The van der Waals surface area contributed by atoms with E-state index in [1.807, 2.05) is 0 Å². The van der Waals surface area contributed by atoms with E-state index >= 15 is 0 Å². The third-order valence-corrected chi connectivity index (χ3v) is 6.51. The number of ether oxygens (including phenoxy) is 1. The Kier molecular flexibility index (Phi) is 5.31. The topological polar surface area (TPSA) is 91.5 Å². The van der Waals surface area contributed by atoms with Crippen LogP contribution in [0, 0.1) is 25.5 Å². The Balaban J connectivity index is 1.93. The Morgan fingerprint density at radius 3 is 2.56 bits per heavy atom. The number of sulfonamides is 1. The number of H-pyrrole nitrogens is 1. The van der Waals surface area contributed by atoms with Crippen molar-refractivity contribution in [1.82, 2.24) is 9.29 Å². The molecule has 0 spiro atoms. The zero-order valence-corrected chi connectivity index (χ0v) is 15.6. The number of benzene rings is 1. The summed E-state index contributed by atoms with van der Waals surface area (Å²) >= 11 is 0. The van der Waals surface area contributed by atoms with Crippen molar-refractivity contribution in [3.05, 3.63) is 46.8 Å². The molecule has 0 radical (unpaired) electrons. The van der Waals surface area contributed by atoms with E-state index < -0.39 is 27.6 Å². The molecule has 0 unspecified atom stereocenters. The summed E-state index contributed by atoms with van der Waals surface area (Å²) in [6.45, 7) is 4.08. The number of morpholine rings is 1. The van der Waals surface area contributed by atoms with E-state index in [2.05, 4.69) is 10.3 Å². The number of aromatic nitrogens is 1. The minimum atomic E-state index is -3.82. The van der Waals surface area contributed by atoms with Gasteiger partial charge in [0.05, 0.1) is 18.9 Å². The van der Waals surface area contributed by atoms with Crippen LogP contribution < -0.4 is 5.32 Å². The van der Waals surface area contributed by atoms with Gasteiger partial charge in [-0.05, 0) is 31.5 Å². The number of rotatable bonds is 4. The fourth-order valence-electron chi connectivity index (χ4n) is 3.04. The number of halogens is 2. The van der Waals surface area contributed by atoms with Crippen LogP contribution in [-0.4, -0.2) is 49.9 Å². The van der Waals surface area contributed by atoms with Crippen LogP contribution in [-0.2, 0) is 14.8 Å². The molecule has 2 N–H and O–H groups in total. The first-order chi connectivity index (χ1) is 12.7. The van der Waals surface area contributed by atoms with Crippen molar-refractivity contribution >= 4 is 21.6 Å². The molecule has 10 heteroatoms. The highest BCUT2D eigenvalue weighted by atomic mass is 32.2. The SMILES string of the molecule is Cc1[nH]c(C(=O)Nc2cc(F)ccc2F)c(C)c1S(=O)(=O)N1CCOCC1. The highest BCUT2D eigenvalue weighted by Gasteiger charge is 2.32. The quantitative estimate of drug-likeness (QED) is 0.825.